The molecule has 3 rings (SSSR count). The molecule has 144 valence electrons. The number of anilines is 2. The number of aryl methyl sites for hydroxylation is 1. The Morgan fingerprint density at radius 3 is 2.48 bits per heavy atom. The molecule has 0 radical (unpaired) electrons. The fourth-order valence-electron chi connectivity index (χ4n) is 3.35. The van der Waals surface area contributed by atoms with Crippen LogP contribution in [0.4, 0.5) is 11.6 Å². The van der Waals surface area contributed by atoms with Crippen molar-refractivity contribution in [1.29, 1.82) is 0 Å². The van der Waals surface area contributed by atoms with Crippen molar-refractivity contribution in [1.82, 2.24) is 9.97 Å². The number of benzene rings is 1. The molecule has 1 amide bonds. The summed E-state index contributed by atoms with van der Waals surface area (Å²) in [4.78, 5) is 21.5. The molecule has 0 aliphatic heterocycles. The standard InChI is InChI=1S/C21H28N4O2/c1-3-27-18-12-10-17(11-13-18)23-20(26)19-14-15(2)22-21(25-19)24-16-8-6-4-5-7-9-16/h10-14,16H,3-9H2,1-2H3,(H,23,26)(H,22,24,25). The summed E-state index contributed by atoms with van der Waals surface area (Å²) in [5.74, 6) is 1.08. The molecule has 1 fully saturated rings. The van der Waals surface area contributed by atoms with E-state index in [1.807, 2.05) is 38.1 Å². The predicted molar refractivity (Wildman–Crippen MR) is 107 cm³/mol. The van der Waals surface area contributed by atoms with Gasteiger partial charge in [-0.3, -0.25) is 4.79 Å². The van der Waals surface area contributed by atoms with E-state index in [0.717, 1.165) is 24.3 Å². The molecule has 1 heterocycles. The fraction of sp³-hybridized carbons (Fsp3) is 0.476. The van der Waals surface area contributed by atoms with E-state index in [1.54, 1.807) is 6.07 Å². The normalized spacial score (nSPS) is 15.0. The van der Waals surface area contributed by atoms with Crippen molar-refractivity contribution in [2.45, 2.75) is 58.4 Å². The smallest absolute Gasteiger partial charge is 0.274 e. The third-order valence-electron chi connectivity index (χ3n) is 4.70. The van der Waals surface area contributed by atoms with Gasteiger partial charge in [-0.25, -0.2) is 9.97 Å². The zero-order chi connectivity index (χ0) is 19.1. The lowest BCUT2D eigenvalue weighted by atomic mass is 10.1. The molecular formula is C21H28N4O2. The lowest BCUT2D eigenvalue weighted by molar-refractivity contribution is 0.102. The minimum absolute atomic E-state index is 0.242. The second-order valence-electron chi connectivity index (χ2n) is 6.96. The summed E-state index contributed by atoms with van der Waals surface area (Å²) in [6.07, 6.45) is 7.31. The maximum Gasteiger partial charge on any atom is 0.274 e. The number of rotatable bonds is 6. The summed E-state index contributed by atoms with van der Waals surface area (Å²) in [6, 6.07) is 9.41. The van der Waals surface area contributed by atoms with Crippen molar-refractivity contribution in [2.75, 3.05) is 17.2 Å². The summed E-state index contributed by atoms with van der Waals surface area (Å²) in [5, 5.41) is 6.31. The minimum atomic E-state index is -0.242. The van der Waals surface area contributed by atoms with Gasteiger partial charge in [0.1, 0.15) is 11.4 Å². The zero-order valence-electron chi connectivity index (χ0n) is 16.1. The van der Waals surface area contributed by atoms with Gasteiger partial charge < -0.3 is 15.4 Å². The van der Waals surface area contributed by atoms with Crippen molar-refractivity contribution >= 4 is 17.5 Å². The number of carbonyl (C=O) groups excluding carboxylic acids is 1. The SMILES string of the molecule is CCOc1ccc(NC(=O)c2cc(C)nc(NC3CCCCCC3)n2)cc1. The maximum absolute atomic E-state index is 12.6. The largest absolute Gasteiger partial charge is 0.494 e. The van der Waals surface area contributed by atoms with Crippen LogP contribution in [-0.2, 0) is 0 Å². The summed E-state index contributed by atoms with van der Waals surface area (Å²) < 4.78 is 5.42. The Labute approximate surface area is 160 Å². The summed E-state index contributed by atoms with van der Waals surface area (Å²) in [5.41, 5.74) is 1.85. The van der Waals surface area contributed by atoms with Crippen LogP contribution in [0.5, 0.6) is 5.75 Å². The van der Waals surface area contributed by atoms with E-state index in [2.05, 4.69) is 20.6 Å². The van der Waals surface area contributed by atoms with Crippen molar-refractivity contribution in [3.8, 4) is 5.75 Å². The van der Waals surface area contributed by atoms with Crippen molar-refractivity contribution in [2.24, 2.45) is 0 Å². The highest BCUT2D eigenvalue weighted by Crippen LogP contribution is 2.20. The quantitative estimate of drug-likeness (QED) is 0.731. The van der Waals surface area contributed by atoms with E-state index < -0.39 is 0 Å². The fourth-order valence-corrected chi connectivity index (χ4v) is 3.35. The number of hydrogen-bond donors (Lipinski definition) is 2. The highest BCUT2D eigenvalue weighted by Gasteiger charge is 2.16. The molecule has 0 atom stereocenters. The van der Waals surface area contributed by atoms with Gasteiger partial charge >= 0.3 is 0 Å². The third kappa shape index (κ3) is 5.67. The van der Waals surface area contributed by atoms with Crippen LogP contribution in [0.15, 0.2) is 30.3 Å². The lowest BCUT2D eigenvalue weighted by Gasteiger charge is -2.17. The van der Waals surface area contributed by atoms with E-state index in [0.29, 0.717) is 30.0 Å². The Kier molecular flexibility index (Phi) is 6.63. The lowest BCUT2D eigenvalue weighted by Crippen LogP contribution is -2.22. The number of amides is 1. The molecule has 1 aromatic carbocycles. The Morgan fingerprint density at radius 2 is 1.81 bits per heavy atom. The van der Waals surface area contributed by atoms with Gasteiger partial charge in [0.25, 0.3) is 5.91 Å². The van der Waals surface area contributed by atoms with E-state index in [1.165, 1.54) is 25.7 Å². The summed E-state index contributed by atoms with van der Waals surface area (Å²) in [6.45, 7) is 4.43. The second kappa shape index (κ2) is 9.35. The Morgan fingerprint density at radius 1 is 1.11 bits per heavy atom. The van der Waals surface area contributed by atoms with E-state index >= 15 is 0 Å². The average molecular weight is 368 g/mol. The van der Waals surface area contributed by atoms with Crippen LogP contribution in [0.3, 0.4) is 0 Å². The topological polar surface area (TPSA) is 76.1 Å². The molecule has 0 unspecified atom stereocenters. The number of hydrogen-bond acceptors (Lipinski definition) is 5. The van der Waals surface area contributed by atoms with Gasteiger partial charge in [-0.15, -0.1) is 0 Å². The molecule has 0 spiro atoms. The molecule has 1 aliphatic carbocycles. The van der Waals surface area contributed by atoms with Gasteiger partial charge in [0, 0.05) is 17.4 Å². The number of carbonyl (C=O) groups is 1. The van der Waals surface area contributed by atoms with Crippen LogP contribution in [0.1, 0.15) is 61.6 Å². The van der Waals surface area contributed by atoms with Crippen molar-refractivity contribution in [3.05, 3.63) is 41.7 Å². The predicted octanol–water partition coefficient (Wildman–Crippen LogP) is 4.57. The highest BCUT2D eigenvalue weighted by atomic mass is 16.5. The Balaban J connectivity index is 1.67. The van der Waals surface area contributed by atoms with Gasteiger partial charge in [-0.05, 0) is 57.0 Å². The first kappa shape index (κ1) is 19.1. The number of nitrogens with one attached hydrogen (secondary N) is 2. The molecular weight excluding hydrogens is 340 g/mol. The first-order chi connectivity index (χ1) is 13.1. The second-order valence-corrected chi connectivity index (χ2v) is 6.96. The van der Waals surface area contributed by atoms with Crippen LogP contribution in [-0.4, -0.2) is 28.5 Å². The molecule has 27 heavy (non-hydrogen) atoms. The molecule has 6 nitrogen and oxygen atoms in total. The van der Waals surface area contributed by atoms with Gasteiger partial charge in [-0.1, -0.05) is 25.7 Å². The maximum atomic E-state index is 12.6. The first-order valence-electron chi connectivity index (χ1n) is 9.80. The molecule has 0 bridgehead atoms. The van der Waals surface area contributed by atoms with E-state index in [4.69, 9.17) is 4.74 Å². The summed E-state index contributed by atoms with van der Waals surface area (Å²) >= 11 is 0. The number of aromatic nitrogens is 2. The minimum Gasteiger partial charge on any atom is -0.494 e. The van der Waals surface area contributed by atoms with Gasteiger partial charge in [0.05, 0.1) is 6.61 Å². The Hall–Kier alpha value is -2.63. The van der Waals surface area contributed by atoms with Crippen LogP contribution in [0.2, 0.25) is 0 Å². The van der Waals surface area contributed by atoms with Crippen LogP contribution in [0.25, 0.3) is 0 Å². The highest BCUT2D eigenvalue weighted by molar-refractivity contribution is 6.03. The van der Waals surface area contributed by atoms with Crippen molar-refractivity contribution < 1.29 is 9.53 Å². The van der Waals surface area contributed by atoms with Gasteiger partial charge in [-0.2, -0.15) is 0 Å². The number of ether oxygens (including phenoxy) is 1. The Bertz CT molecular complexity index is 753. The zero-order valence-corrected chi connectivity index (χ0v) is 16.1. The monoisotopic (exact) mass is 368 g/mol. The van der Waals surface area contributed by atoms with Gasteiger partial charge in [0.15, 0.2) is 0 Å². The van der Waals surface area contributed by atoms with Crippen molar-refractivity contribution in [3.63, 3.8) is 0 Å². The molecule has 1 aliphatic rings. The summed E-state index contributed by atoms with van der Waals surface area (Å²) in [7, 11) is 0. The molecule has 0 saturated heterocycles. The molecule has 2 aromatic rings. The van der Waals surface area contributed by atoms with Crippen LogP contribution < -0.4 is 15.4 Å². The molecule has 1 aromatic heterocycles. The molecule has 2 N–H and O–H groups in total. The number of nitrogens with zero attached hydrogens (tertiary/aromatic N) is 2. The van der Waals surface area contributed by atoms with Crippen LogP contribution >= 0.6 is 0 Å². The van der Waals surface area contributed by atoms with E-state index in [9.17, 15) is 4.79 Å². The van der Waals surface area contributed by atoms with E-state index in [-0.39, 0.29) is 5.91 Å². The molecule has 1 saturated carbocycles. The average Bonchev–Trinajstić information content (AvgIpc) is 2.92. The first-order valence-corrected chi connectivity index (χ1v) is 9.80. The molecule has 6 heteroatoms. The third-order valence-corrected chi connectivity index (χ3v) is 4.70. The van der Waals surface area contributed by atoms with Crippen LogP contribution in [0, 0.1) is 6.92 Å². The van der Waals surface area contributed by atoms with Gasteiger partial charge in [0.2, 0.25) is 5.95 Å².